The highest BCUT2D eigenvalue weighted by molar-refractivity contribution is 7.12. The molecule has 1 aromatic carbocycles. The number of nitrogens with zero attached hydrogens (tertiary/aromatic N) is 2. The monoisotopic (exact) mass is 246 g/mol. The predicted octanol–water partition coefficient (Wildman–Crippen LogP) is 3.39. The fourth-order valence-corrected chi connectivity index (χ4v) is 2.22. The molecule has 0 aliphatic rings. The van der Waals surface area contributed by atoms with Crippen molar-refractivity contribution in [2.24, 2.45) is 5.16 Å². The first-order valence-electron chi connectivity index (χ1n) is 5.38. The van der Waals surface area contributed by atoms with Gasteiger partial charge in [0.15, 0.2) is 0 Å². The van der Waals surface area contributed by atoms with E-state index in [1.54, 1.807) is 11.3 Å². The summed E-state index contributed by atoms with van der Waals surface area (Å²) in [4.78, 5) is 10.6. The second-order valence-electron chi connectivity index (χ2n) is 3.70. The zero-order chi connectivity index (χ0) is 12.1. The van der Waals surface area contributed by atoms with Crippen LogP contribution in [-0.4, -0.2) is 10.7 Å². The van der Waals surface area contributed by atoms with Gasteiger partial charge in [0.1, 0.15) is 6.61 Å². The third-order valence-electron chi connectivity index (χ3n) is 2.35. The van der Waals surface area contributed by atoms with E-state index in [0.717, 1.165) is 21.8 Å². The molecule has 0 atom stereocenters. The Labute approximate surface area is 105 Å². The first-order chi connectivity index (χ1) is 8.27. The molecule has 0 aliphatic heterocycles. The summed E-state index contributed by atoms with van der Waals surface area (Å²) in [6, 6.07) is 10.00. The van der Waals surface area contributed by atoms with Crippen LogP contribution in [0.4, 0.5) is 0 Å². The predicted molar refractivity (Wildman–Crippen MR) is 70.3 cm³/mol. The van der Waals surface area contributed by atoms with E-state index < -0.39 is 0 Å². The molecule has 1 aromatic heterocycles. The normalized spacial score (nSPS) is 11.5. The van der Waals surface area contributed by atoms with Crippen LogP contribution in [0.5, 0.6) is 0 Å². The molecule has 88 valence electrons. The van der Waals surface area contributed by atoms with Crippen LogP contribution in [0.25, 0.3) is 0 Å². The van der Waals surface area contributed by atoms with E-state index in [1.807, 2.05) is 49.7 Å². The quantitative estimate of drug-likeness (QED) is 0.612. The van der Waals surface area contributed by atoms with Gasteiger partial charge >= 0.3 is 0 Å². The number of aromatic nitrogens is 1. The summed E-state index contributed by atoms with van der Waals surface area (Å²) in [5.41, 5.74) is 4.81. The molecule has 0 saturated carbocycles. The Bertz CT molecular complexity index is 505. The van der Waals surface area contributed by atoms with E-state index in [4.69, 9.17) is 4.84 Å². The highest BCUT2D eigenvalue weighted by Crippen LogP contribution is 2.13. The fraction of sp³-hybridized carbons (Fsp3) is 0.231. The molecule has 2 rings (SSSR count). The van der Waals surface area contributed by atoms with Crippen molar-refractivity contribution < 1.29 is 4.84 Å². The second kappa shape index (κ2) is 5.59. The van der Waals surface area contributed by atoms with Crippen molar-refractivity contribution in [3.63, 3.8) is 0 Å². The average Bonchev–Trinajstić information content (AvgIpc) is 2.77. The van der Waals surface area contributed by atoms with Crippen LogP contribution in [0.2, 0.25) is 0 Å². The Morgan fingerprint density at radius 1 is 1.35 bits per heavy atom. The summed E-state index contributed by atoms with van der Waals surface area (Å²) < 4.78 is 0. The Kier molecular flexibility index (Phi) is 3.88. The average molecular weight is 246 g/mol. The van der Waals surface area contributed by atoms with Gasteiger partial charge in [-0.1, -0.05) is 35.5 Å². The molecule has 0 bridgehead atoms. The maximum Gasteiger partial charge on any atom is 0.142 e. The van der Waals surface area contributed by atoms with Crippen molar-refractivity contribution in [2.45, 2.75) is 20.5 Å². The van der Waals surface area contributed by atoms with E-state index in [1.165, 1.54) is 0 Å². The summed E-state index contributed by atoms with van der Waals surface area (Å²) in [6.07, 6.45) is 0. The van der Waals surface area contributed by atoms with Gasteiger partial charge in [-0.25, -0.2) is 4.98 Å². The molecule has 17 heavy (non-hydrogen) atoms. The molecule has 0 unspecified atom stereocenters. The van der Waals surface area contributed by atoms with Crippen LogP contribution in [0.15, 0.2) is 41.0 Å². The number of hydrogen-bond donors (Lipinski definition) is 0. The van der Waals surface area contributed by atoms with Gasteiger partial charge in [0.25, 0.3) is 0 Å². The smallest absolute Gasteiger partial charge is 0.142 e. The lowest BCUT2D eigenvalue weighted by atomic mass is 10.2. The molecule has 0 radical (unpaired) electrons. The van der Waals surface area contributed by atoms with Crippen LogP contribution >= 0.6 is 11.3 Å². The van der Waals surface area contributed by atoms with Crippen molar-refractivity contribution in [3.8, 4) is 0 Å². The summed E-state index contributed by atoms with van der Waals surface area (Å²) >= 11 is 1.58. The van der Waals surface area contributed by atoms with E-state index in [9.17, 15) is 0 Å². The molecule has 0 aliphatic carbocycles. The van der Waals surface area contributed by atoms with Gasteiger partial charge < -0.3 is 4.84 Å². The molecule has 0 saturated heterocycles. The van der Waals surface area contributed by atoms with Crippen LogP contribution in [0, 0.1) is 6.92 Å². The molecule has 2 aromatic rings. The molecule has 1 heterocycles. The van der Waals surface area contributed by atoms with Gasteiger partial charge in [-0.05, 0) is 19.4 Å². The highest BCUT2D eigenvalue weighted by atomic mass is 32.1. The molecule has 3 nitrogen and oxygen atoms in total. The minimum absolute atomic E-state index is 0.496. The van der Waals surface area contributed by atoms with Gasteiger partial charge in [0.2, 0.25) is 0 Å². The fourth-order valence-electron chi connectivity index (χ4n) is 1.47. The number of thiazole rings is 1. The summed E-state index contributed by atoms with van der Waals surface area (Å²) in [6.45, 7) is 4.41. The molecule has 0 amide bonds. The molecule has 0 N–H and O–H groups in total. The van der Waals surface area contributed by atoms with Gasteiger partial charge in [0, 0.05) is 0 Å². The molecular formula is C13H14N2OS. The SMILES string of the molecule is CC(=NOCc1ccccc1)c1scnc1C. The zero-order valence-corrected chi connectivity index (χ0v) is 10.7. The standard InChI is InChI=1S/C13H14N2OS/c1-10-13(17-9-14-10)11(2)15-16-8-12-6-4-3-5-7-12/h3-7,9H,8H2,1-2H3. The number of benzene rings is 1. The summed E-state index contributed by atoms with van der Waals surface area (Å²) in [5, 5.41) is 4.11. The number of aryl methyl sites for hydroxylation is 1. The van der Waals surface area contributed by atoms with Gasteiger partial charge in [-0.15, -0.1) is 11.3 Å². The first-order valence-corrected chi connectivity index (χ1v) is 6.26. The first kappa shape index (κ1) is 11.8. The minimum atomic E-state index is 0.496. The van der Waals surface area contributed by atoms with E-state index >= 15 is 0 Å². The Morgan fingerprint density at radius 2 is 2.12 bits per heavy atom. The van der Waals surface area contributed by atoms with Crippen LogP contribution < -0.4 is 0 Å². The number of hydrogen-bond acceptors (Lipinski definition) is 4. The third kappa shape index (κ3) is 3.14. The lowest BCUT2D eigenvalue weighted by Crippen LogP contribution is -1.96. The van der Waals surface area contributed by atoms with Crippen molar-refractivity contribution >= 4 is 17.0 Å². The van der Waals surface area contributed by atoms with Crippen molar-refractivity contribution in [1.29, 1.82) is 0 Å². The Morgan fingerprint density at radius 3 is 2.76 bits per heavy atom. The summed E-state index contributed by atoms with van der Waals surface area (Å²) in [5.74, 6) is 0. The topological polar surface area (TPSA) is 34.5 Å². The number of rotatable bonds is 4. The van der Waals surface area contributed by atoms with Gasteiger partial charge in [-0.2, -0.15) is 0 Å². The molecule has 0 fully saturated rings. The van der Waals surface area contributed by atoms with E-state index in [-0.39, 0.29) is 0 Å². The Hall–Kier alpha value is -1.68. The zero-order valence-electron chi connectivity index (χ0n) is 9.88. The van der Waals surface area contributed by atoms with Crippen molar-refractivity contribution in [1.82, 2.24) is 4.98 Å². The Balaban J connectivity index is 1.96. The maximum atomic E-state index is 5.33. The largest absolute Gasteiger partial charge is 0.391 e. The molecule has 0 spiro atoms. The van der Waals surface area contributed by atoms with Crippen LogP contribution in [0.3, 0.4) is 0 Å². The minimum Gasteiger partial charge on any atom is -0.391 e. The van der Waals surface area contributed by atoms with E-state index in [2.05, 4.69) is 10.1 Å². The van der Waals surface area contributed by atoms with Gasteiger partial charge in [0.05, 0.1) is 21.8 Å². The van der Waals surface area contributed by atoms with Gasteiger partial charge in [-0.3, -0.25) is 0 Å². The molecular weight excluding hydrogens is 232 g/mol. The van der Waals surface area contributed by atoms with Crippen molar-refractivity contribution in [2.75, 3.05) is 0 Å². The lowest BCUT2D eigenvalue weighted by molar-refractivity contribution is 0.130. The third-order valence-corrected chi connectivity index (χ3v) is 3.39. The maximum absolute atomic E-state index is 5.33. The lowest BCUT2D eigenvalue weighted by Gasteiger charge is -2.01. The number of oxime groups is 1. The van der Waals surface area contributed by atoms with Crippen LogP contribution in [0.1, 0.15) is 23.1 Å². The second-order valence-corrected chi connectivity index (χ2v) is 4.56. The molecule has 4 heteroatoms. The highest BCUT2D eigenvalue weighted by Gasteiger charge is 2.04. The van der Waals surface area contributed by atoms with Crippen LogP contribution in [-0.2, 0) is 11.4 Å². The van der Waals surface area contributed by atoms with Crippen molar-refractivity contribution in [3.05, 3.63) is 52.0 Å². The van der Waals surface area contributed by atoms with E-state index in [0.29, 0.717) is 6.61 Å². The summed E-state index contributed by atoms with van der Waals surface area (Å²) in [7, 11) is 0.